The van der Waals surface area contributed by atoms with Gasteiger partial charge in [0, 0.05) is 18.5 Å². The molecule has 1 atom stereocenters. The molecule has 0 bridgehead atoms. The lowest BCUT2D eigenvalue weighted by atomic mass is 10.2. The number of ether oxygens (including phenoxy) is 1. The molecule has 0 aliphatic carbocycles. The molecule has 0 aromatic carbocycles. The van der Waals surface area contributed by atoms with E-state index in [-0.39, 0.29) is 6.10 Å². The number of hydrogen-bond donors (Lipinski definition) is 1. The van der Waals surface area contributed by atoms with Crippen LogP contribution in [0, 0.1) is 0 Å². The first-order chi connectivity index (χ1) is 5.90. The van der Waals surface area contributed by atoms with Gasteiger partial charge in [-0.2, -0.15) is 0 Å². The van der Waals surface area contributed by atoms with E-state index in [1.165, 1.54) is 5.69 Å². The summed E-state index contributed by atoms with van der Waals surface area (Å²) in [5.74, 6) is 1.00. The molecule has 2 rings (SSSR count). The van der Waals surface area contributed by atoms with E-state index >= 15 is 0 Å². The van der Waals surface area contributed by atoms with Crippen molar-refractivity contribution in [2.75, 3.05) is 6.61 Å². The summed E-state index contributed by atoms with van der Waals surface area (Å²) in [6.45, 7) is 3.00. The average Bonchev–Trinajstić information content (AvgIpc) is 2.75. The zero-order valence-electron chi connectivity index (χ0n) is 7.34. The number of rotatable bonds is 2. The summed E-state index contributed by atoms with van der Waals surface area (Å²) in [6, 6.07) is 0. The lowest BCUT2D eigenvalue weighted by Crippen LogP contribution is -1.98. The highest BCUT2D eigenvalue weighted by atomic mass is 16.5. The standard InChI is InChI=1S/C9H14N2O/c1-2-7-6-10-9(11-7)8-4-3-5-12-8/h6,8H,2-5H2,1H3,(H,10,11). The second-order valence-electron chi connectivity index (χ2n) is 3.15. The molecule has 0 saturated carbocycles. The van der Waals surface area contributed by atoms with Gasteiger partial charge in [-0.15, -0.1) is 0 Å². The lowest BCUT2D eigenvalue weighted by Gasteiger charge is -2.03. The maximum absolute atomic E-state index is 5.50. The van der Waals surface area contributed by atoms with E-state index in [1.54, 1.807) is 0 Å². The molecule has 0 amide bonds. The molecule has 12 heavy (non-hydrogen) atoms. The van der Waals surface area contributed by atoms with Crippen LogP contribution >= 0.6 is 0 Å². The van der Waals surface area contributed by atoms with Crippen molar-refractivity contribution in [2.24, 2.45) is 0 Å². The summed E-state index contributed by atoms with van der Waals surface area (Å²) in [6.07, 6.45) is 5.41. The maximum Gasteiger partial charge on any atom is 0.135 e. The number of aryl methyl sites for hydroxylation is 1. The summed E-state index contributed by atoms with van der Waals surface area (Å²) in [5.41, 5.74) is 1.19. The highest BCUT2D eigenvalue weighted by Crippen LogP contribution is 2.25. The predicted octanol–water partition coefficient (Wildman–Crippen LogP) is 1.82. The third-order valence-electron chi connectivity index (χ3n) is 2.26. The minimum atomic E-state index is 0.227. The minimum absolute atomic E-state index is 0.227. The molecular weight excluding hydrogens is 152 g/mol. The Kier molecular flexibility index (Phi) is 2.13. The Morgan fingerprint density at radius 2 is 2.67 bits per heavy atom. The first-order valence-corrected chi connectivity index (χ1v) is 4.55. The lowest BCUT2D eigenvalue weighted by molar-refractivity contribution is 0.105. The van der Waals surface area contributed by atoms with E-state index in [0.29, 0.717) is 0 Å². The highest BCUT2D eigenvalue weighted by Gasteiger charge is 2.19. The molecular formula is C9H14N2O. The van der Waals surface area contributed by atoms with Crippen LogP contribution in [0.4, 0.5) is 0 Å². The van der Waals surface area contributed by atoms with E-state index in [4.69, 9.17) is 4.74 Å². The van der Waals surface area contributed by atoms with Gasteiger partial charge in [0.05, 0.1) is 0 Å². The molecule has 1 aliphatic rings. The van der Waals surface area contributed by atoms with Gasteiger partial charge in [-0.25, -0.2) is 4.98 Å². The average molecular weight is 166 g/mol. The van der Waals surface area contributed by atoms with Crippen LogP contribution in [-0.2, 0) is 11.2 Å². The summed E-state index contributed by atoms with van der Waals surface area (Å²) in [5, 5.41) is 0. The number of aromatic amines is 1. The van der Waals surface area contributed by atoms with Gasteiger partial charge in [-0.1, -0.05) is 6.92 Å². The maximum atomic E-state index is 5.50. The Balaban J connectivity index is 2.11. The molecule has 3 nitrogen and oxygen atoms in total. The van der Waals surface area contributed by atoms with Crippen molar-refractivity contribution in [1.29, 1.82) is 0 Å². The van der Waals surface area contributed by atoms with Crippen molar-refractivity contribution in [3.05, 3.63) is 17.7 Å². The Labute approximate surface area is 72.2 Å². The van der Waals surface area contributed by atoms with Gasteiger partial charge in [0.15, 0.2) is 0 Å². The number of H-pyrrole nitrogens is 1. The van der Waals surface area contributed by atoms with Crippen LogP contribution in [0.1, 0.15) is 37.4 Å². The fourth-order valence-electron chi connectivity index (χ4n) is 1.51. The molecule has 66 valence electrons. The molecule has 0 radical (unpaired) electrons. The first-order valence-electron chi connectivity index (χ1n) is 4.55. The first kappa shape index (κ1) is 7.80. The molecule has 1 aromatic heterocycles. The molecule has 0 spiro atoms. The molecule has 1 fully saturated rings. The van der Waals surface area contributed by atoms with Crippen molar-refractivity contribution in [2.45, 2.75) is 32.3 Å². The van der Waals surface area contributed by atoms with Crippen LogP contribution < -0.4 is 0 Å². The fraction of sp³-hybridized carbons (Fsp3) is 0.667. The Hall–Kier alpha value is -0.830. The van der Waals surface area contributed by atoms with Crippen LogP contribution in [0.25, 0.3) is 0 Å². The number of imidazole rings is 1. The number of nitrogens with zero attached hydrogens (tertiary/aromatic N) is 1. The van der Waals surface area contributed by atoms with Crippen LogP contribution in [0.2, 0.25) is 0 Å². The molecule has 1 aliphatic heterocycles. The van der Waals surface area contributed by atoms with Crippen molar-refractivity contribution >= 4 is 0 Å². The molecule has 3 heteroatoms. The third-order valence-corrected chi connectivity index (χ3v) is 2.26. The summed E-state index contributed by atoms with van der Waals surface area (Å²) in [7, 11) is 0. The van der Waals surface area contributed by atoms with E-state index < -0.39 is 0 Å². The van der Waals surface area contributed by atoms with Gasteiger partial charge in [-0.3, -0.25) is 0 Å². The molecule has 1 saturated heterocycles. The number of aromatic nitrogens is 2. The summed E-state index contributed by atoms with van der Waals surface area (Å²) in [4.78, 5) is 7.56. The largest absolute Gasteiger partial charge is 0.370 e. The van der Waals surface area contributed by atoms with E-state index in [1.807, 2.05) is 6.20 Å². The predicted molar refractivity (Wildman–Crippen MR) is 45.9 cm³/mol. The summed E-state index contributed by atoms with van der Waals surface area (Å²) < 4.78 is 5.50. The van der Waals surface area contributed by atoms with Gasteiger partial charge in [0.1, 0.15) is 11.9 Å². The van der Waals surface area contributed by atoms with Gasteiger partial charge < -0.3 is 9.72 Å². The third kappa shape index (κ3) is 1.37. The van der Waals surface area contributed by atoms with E-state index in [2.05, 4.69) is 16.9 Å². The number of hydrogen-bond acceptors (Lipinski definition) is 2. The van der Waals surface area contributed by atoms with Crippen LogP contribution in [-0.4, -0.2) is 16.6 Å². The Bertz CT molecular complexity index is 251. The van der Waals surface area contributed by atoms with Gasteiger partial charge in [0.2, 0.25) is 0 Å². The Morgan fingerprint density at radius 3 is 3.25 bits per heavy atom. The van der Waals surface area contributed by atoms with Crippen LogP contribution in [0.15, 0.2) is 6.20 Å². The Morgan fingerprint density at radius 1 is 1.75 bits per heavy atom. The van der Waals surface area contributed by atoms with Crippen LogP contribution in [0.5, 0.6) is 0 Å². The van der Waals surface area contributed by atoms with Crippen molar-refractivity contribution in [3.8, 4) is 0 Å². The highest BCUT2D eigenvalue weighted by molar-refractivity contribution is 5.03. The van der Waals surface area contributed by atoms with Crippen molar-refractivity contribution in [1.82, 2.24) is 9.97 Å². The van der Waals surface area contributed by atoms with Crippen molar-refractivity contribution < 1.29 is 4.74 Å². The SMILES string of the molecule is CCc1cnc(C2CCCO2)[nH]1. The zero-order chi connectivity index (χ0) is 8.39. The number of nitrogens with one attached hydrogen (secondary N) is 1. The van der Waals surface area contributed by atoms with Gasteiger partial charge >= 0.3 is 0 Å². The molecule has 1 aromatic rings. The van der Waals surface area contributed by atoms with E-state index in [0.717, 1.165) is 31.7 Å². The van der Waals surface area contributed by atoms with Crippen molar-refractivity contribution in [3.63, 3.8) is 0 Å². The molecule has 1 unspecified atom stereocenters. The quantitative estimate of drug-likeness (QED) is 0.727. The van der Waals surface area contributed by atoms with E-state index in [9.17, 15) is 0 Å². The minimum Gasteiger partial charge on any atom is -0.370 e. The summed E-state index contributed by atoms with van der Waals surface area (Å²) >= 11 is 0. The zero-order valence-corrected chi connectivity index (χ0v) is 7.34. The normalized spacial score (nSPS) is 23.2. The van der Waals surface area contributed by atoms with Crippen LogP contribution in [0.3, 0.4) is 0 Å². The molecule has 2 heterocycles. The monoisotopic (exact) mass is 166 g/mol. The fourth-order valence-corrected chi connectivity index (χ4v) is 1.51. The second kappa shape index (κ2) is 3.27. The molecule has 1 N–H and O–H groups in total. The smallest absolute Gasteiger partial charge is 0.135 e. The topological polar surface area (TPSA) is 37.9 Å². The second-order valence-corrected chi connectivity index (χ2v) is 3.15. The van der Waals surface area contributed by atoms with Gasteiger partial charge in [0.25, 0.3) is 0 Å². The van der Waals surface area contributed by atoms with Gasteiger partial charge in [-0.05, 0) is 19.3 Å².